The lowest BCUT2D eigenvalue weighted by atomic mass is 9.91. The Balaban J connectivity index is 1.91. The molecule has 4 heteroatoms. The molecule has 0 radical (unpaired) electrons. The van der Waals surface area contributed by atoms with Gasteiger partial charge in [-0.2, -0.15) is 0 Å². The van der Waals surface area contributed by atoms with Crippen LogP contribution < -0.4 is 4.74 Å². The minimum atomic E-state index is -0.928. The van der Waals surface area contributed by atoms with E-state index in [9.17, 15) is 9.90 Å². The Morgan fingerprint density at radius 3 is 2.69 bits per heavy atom. The molecule has 0 atom stereocenters. The zero-order chi connectivity index (χ0) is 18.3. The number of benzene rings is 3. The number of carboxylic acid groups (broad SMARTS) is 1. The van der Waals surface area contributed by atoms with E-state index in [0.29, 0.717) is 17.2 Å². The van der Waals surface area contributed by atoms with Gasteiger partial charge >= 0.3 is 5.97 Å². The second-order valence-corrected chi connectivity index (χ2v) is 6.83. The fourth-order valence-electron chi connectivity index (χ4n) is 3.42. The van der Waals surface area contributed by atoms with Gasteiger partial charge in [-0.25, -0.2) is 4.79 Å². The van der Waals surface area contributed by atoms with Gasteiger partial charge in [0, 0.05) is 17.0 Å². The van der Waals surface area contributed by atoms with Crippen LogP contribution in [0.4, 0.5) is 0 Å². The summed E-state index contributed by atoms with van der Waals surface area (Å²) in [5.74, 6) is -0.00606. The van der Waals surface area contributed by atoms with Crippen LogP contribution >= 0.6 is 11.6 Å². The molecule has 0 unspecified atom stereocenters. The first kappa shape index (κ1) is 16.7. The van der Waals surface area contributed by atoms with Gasteiger partial charge in [0.2, 0.25) is 0 Å². The zero-order valence-corrected chi connectivity index (χ0v) is 15.0. The van der Waals surface area contributed by atoms with Crippen molar-refractivity contribution in [3.63, 3.8) is 0 Å². The summed E-state index contributed by atoms with van der Waals surface area (Å²) in [7, 11) is 0. The summed E-state index contributed by atoms with van der Waals surface area (Å²) in [6.07, 6.45) is 0.886. The summed E-state index contributed by atoms with van der Waals surface area (Å²) in [5, 5.41) is 10.1. The van der Waals surface area contributed by atoms with Crippen LogP contribution in [-0.2, 0) is 6.42 Å². The molecule has 0 aromatic heterocycles. The summed E-state index contributed by atoms with van der Waals surface area (Å²) in [4.78, 5) is 11.5. The van der Waals surface area contributed by atoms with Crippen molar-refractivity contribution in [3.8, 4) is 28.0 Å². The van der Waals surface area contributed by atoms with Crippen LogP contribution in [0.5, 0.6) is 5.75 Å². The van der Waals surface area contributed by atoms with E-state index in [1.165, 1.54) is 5.56 Å². The highest BCUT2D eigenvalue weighted by Gasteiger charge is 2.17. The van der Waals surface area contributed by atoms with Crippen LogP contribution in [0.25, 0.3) is 22.3 Å². The lowest BCUT2D eigenvalue weighted by Gasteiger charge is -2.14. The molecule has 1 heterocycles. The van der Waals surface area contributed by atoms with Crippen LogP contribution in [0.3, 0.4) is 0 Å². The van der Waals surface area contributed by atoms with E-state index >= 15 is 0 Å². The average molecular weight is 365 g/mol. The lowest BCUT2D eigenvalue weighted by molar-refractivity contribution is 0.0696. The van der Waals surface area contributed by atoms with Crippen LogP contribution in [0.1, 0.15) is 21.5 Å². The minimum Gasteiger partial charge on any atom is -0.493 e. The summed E-state index contributed by atoms with van der Waals surface area (Å²) in [6, 6.07) is 17.3. The average Bonchev–Trinajstić information content (AvgIpc) is 3.09. The first-order chi connectivity index (χ1) is 12.5. The van der Waals surface area contributed by atoms with Gasteiger partial charge in [0.15, 0.2) is 0 Å². The van der Waals surface area contributed by atoms with E-state index in [4.69, 9.17) is 16.3 Å². The summed E-state index contributed by atoms with van der Waals surface area (Å²) in [5.41, 5.74) is 5.87. The number of hydrogen-bond donors (Lipinski definition) is 1. The molecule has 3 aromatic rings. The van der Waals surface area contributed by atoms with Gasteiger partial charge in [-0.15, -0.1) is 0 Å². The molecule has 4 rings (SSSR count). The first-order valence-electron chi connectivity index (χ1n) is 8.43. The molecular weight excluding hydrogens is 348 g/mol. The maximum atomic E-state index is 11.5. The number of ether oxygens (including phenoxy) is 1. The molecule has 3 nitrogen and oxygen atoms in total. The Morgan fingerprint density at radius 2 is 1.88 bits per heavy atom. The van der Waals surface area contributed by atoms with Crippen molar-refractivity contribution in [1.82, 2.24) is 0 Å². The number of carboxylic acids is 1. The molecule has 130 valence electrons. The molecule has 1 aliphatic rings. The molecule has 26 heavy (non-hydrogen) atoms. The van der Waals surface area contributed by atoms with Crippen molar-refractivity contribution in [3.05, 3.63) is 76.3 Å². The van der Waals surface area contributed by atoms with Crippen molar-refractivity contribution < 1.29 is 14.6 Å². The predicted octanol–water partition coefficient (Wildman–Crippen LogP) is 5.62. The van der Waals surface area contributed by atoms with E-state index in [2.05, 4.69) is 6.07 Å². The van der Waals surface area contributed by atoms with Crippen LogP contribution in [0.2, 0.25) is 5.02 Å². The Morgan fingerprint density at radius 1 is 1.08 bits per heavy atom. The van der Waals surface area contributed by atoms with Gasteiger partial charge in [-0.3, -0.25) is 0 Å². The number of rotatable bonds is 3. The van der Waals surface area contributed by atoms with Gasteiger partial charge in [-0.05, 0) is 59.0 Å². The highest BCUT2D eigenvalue weighted by Crippen LogP contribution is 2.40. The Kier molecular flexibility index (Phi) is 4.17. The van der Waals surface area contributed by atoms with E-state index in [0.717, 1.165) is 40.0 Å². The standard InChI is InChI=1S/C22H17ClO3/c1-13-5-6-14(12-18(13)22(24)25)17-3-2-4-19(23)21(17)16-7-8-20-15(11-16)9-10-26-20/h2-8,11-12H,9-10H2,1H3,(H,24,25). The predicted molar refractivity (Wildman–Crippen MR) is 103 cm³/mol. The zero-order valence-electron chi connectivity index (χ0n) is 14.3. The fraction of sp³-hybridized carbons (Fsp3) is 0.136. The van der Waals surface area contributed by atoms with Gasteiger partial charge < -0.3 is 9.84 Å². The van der Waals surface area contributed by atoms with Crippen molar-refractivity contribution in [1.29, 1.82) is 0 Å². The van der Waals surface area contributed by atoms with Crippen molar-refractivity contribution in [2.75, 3.05) is 6.61 Å². The van der Waals surface area contributed by atoms with E-state index in [1.807, 2.05) is 42.5 Å². The van der Waals surface area contributed by atoms with Gasteiger partial charge in [0.1, 0.15) is 5.75 Å². The molecule has 0 aliphatic carbocycles. The van der Waals surface area contributed by atoms with Crippen LogP contribution in [-0.4, -0.2) is 17.7 Å². The molecule has 1 aliphatic heterocycles. The Bertz CT molecular complexity index is 1020. The third-order valence-corrected chi connectivity index (χ3v) is 5.09. The maximum absolute atomic E-state index is 11.5. The molecular formula is C22H17ClO3. The first-order valence-corrected chi connectivity index (χ1v) is 8.81. The molecule has 0 bridgehead atoms. The maximum Gasteiger partial charge on any atom is 0.335 e. The molecule has 3 aromatic carbocycles. The van der Waals surface area contributed by atoms with Crippen molar-refractivity contribution in [2.24, 2.45) is 0 Å². The van der Waals surface area contributed by atoms with Gasteiger partial charge in [-0.1, -0.05) is 41.9 Å². The lowest BCUT2D eigenvalue weighted by Crippen LogP contribution is -2.00. The normalized spacial score (nSPS) is 12.5. The minimum absolute atomic E-state index is 0.302. The summed E-state index contributed by atoms with van der Waals surface area (Å²) >= 11 is 6.55. The second kappa shape index (κ2) is 6.50. The number of halogens is 1. The van der Waals surface area contributed by atoms with Crippen molar-refractivity contribution in [2.45, 2.75) is 13.3 Å². The molecule has 0 saturated heterocycles. The third-order valence-electron chi connectivity index (χ3n) is 4.77. The van der Waals surface area contributed by atoms with Crippen LogP contribution in [0, 0.1) is 6.92 Å². The van der Waals surface area contributed by atoms with E-state index < -0.39 is 5.97 Å². The van der Waals surface area contributed by atoms with Gasteiger partial charge in [0.05, 0.1) is 12.2 Å². The summed E-state index contributed by atoms with van der Waals surface area (Å²) < 4.78 is 5.59. The number of aryl methyl sites for hydroxylation is 1. The number of aromatic carboxylic acids is 1. The van der Waals surface area contributed by atoms with Gasteiger partial charge in [0.25, 0.3) is 0 Å². The second-order valence-electron chi connectivity index (χ2n) is 6.42. The third kappa shape index (κ3) is 2.85. The molecule has 0 amide bonds. The fourth-order valence-corrected chi connectivity index (χ4v) is 3.70. The van der Waals surface area contributed by atoms with Crippen molar-refractivity contribution >= 4 is 17.6 Å². The molecule has 1 N–H and O–H groups in total. The smallest absolute Gasteiger partial charge is 0.335 e. The Hall–Kier alpha value is -2.78. The van der Waals surface area contributed by atoms with E-state index in [1.54, 1.807) is 13.0 Å². The molecule has 0 fully saturated rings. The number of fused-ring (bicyclic) bond motifs is 1. The molecule has 0 saturated carbocycles. The number of carbonyl (C=O) groups is 1. The topological polar surface area (TPSA) is 46.5 Å². The highest BCUT2D eigenvalue weighted by molar-refractivity contribution is 6.34. The quantitative estimate of drug-likeness (QED) is 0.656. The summed E-state index contributed by atoms with van der Waals surface area (Å²) in [6.45, 7) is 2.50. The highest BCUT2D eigenvalue weighted by atomic mass is 35.5. The number of hydrogen-bond acceptors (Lipinski definition) is 2. The van der Waals surface area contributed by atoms with E-state index in [-0.39, 0.29) is 0 Å². The Labute approximate surface area is 156 Å². The molecule has 0 spiro atoms. The van der Waals surface area contributed by atoms with Crippen LogP contribution in [0.15, 0.2) is 54.6 Å². The SMILES string of the molecule is Cc1ccc(-c2cccc(Cl)c2-c2ccc3c(c2)CCO3)cc1C(=O)O. The monoisotopic (exact) mass is 364 g/mol. The largest absolute Gasteiger partial charge is 0.493 e.